The number of hydrogen-bond donors (Lipinski definition) is 1. The van der Waals surface area contributed by atoms with Crippen LogP contribution in [0.5, 0.6) is 0 Å². The molecule has 4 heteroatoms. The van der Waals surface area contributed by atoms with Crippen molar-refractivity contribution >= 4 is 5.97 Å². The van der Waals surface area contributed by atoms with Crippen LogP contribution in [0.2, 0.25) is 0 Å². The first-order valence-corrected chi connectivity index (χ1v) is 7.11. The minimum absolute atomic E-state index is 0.368. The summed E-state index contributed by atoms with van der Waals surface area (Å²) in [5.74, 6) is -3.67. The first-order chi connectivity index (χ1) is 21.3. The highest BCUT2D eigenvalue weighted by molar-refractivity contribution is 5.81. The molecule has 0 amide bonds. The fourth-order valence-corrected chi connectivity index (χ4v) is 1.88. The van der Waals surface area contributed by atoms with Gasteiger partial charge in [-0.2, -0.15) is 0 Å². The van der Waals surface area contributed by atoms with E-state index in [4.69, 9.17) is 31.5 Å². The molecular weight excluding hydrogens is 326 g/mol. The van der Waals surface area contributed by atoms with E-state index >= 15 is 0 Å². The quantitative estimate of drug-likeness (QED) is 0.582. The van der Waals surface area contributed by atoms with Gasteiger partial charge in [0.2, 0.25) is 0 Å². The number of hydrogen-bond acceptors (Lipinski definition) is 4. The van der Waals surface area contributed by atoms with Crippen LogP contribution in [-0.4, -0.2) is 42.1 Å². The van der Waals surface area contributed by atoms with Gasteiger partial charge >= 0.3 is 5.97 Å². The molecule has 1 N–H and O–H groups in total. The average molecular weight is 381 g/mol. The summed E-state index contributed by atoms with van der Waals surface area (Å²) in [5.41, 5.74) is -5.19. The van der Waals surface area contributed by atoms with Gasteiger partial charge in [-0.15, -0.1) is 0 Å². The Morgan fingerprint density at radius 3 is 2.69 bits per heavy atom. The Morgan fingerprint density at radius 1 is 1.35 bits per heavy atom. The summed E-state index contributed by atoms with van der Waals surface area (Å²) in [6.07, 6.45) is -21.1. The normalized spacial score (nSPS) is 43.8. The number of carbonyl (C=O) groups excluding carboxylic acids is 1. The number of nitrogens with zero attached hydrogens (tertiary/aromatic N) is 1. The number of ether oxygens (including phenoxy) is 1. The topological polar surface area (TPSA) is 49.8 Å². The molecule has 1 aromatic rings. The highest BCUT2D eigenvalue weighted by atomic mass is 16.5. The molecule has 1 unspecified atom stereocenters. The van der Waals surface area contributed by atoms with Gasteiger partial charge in [0, 0.05) is 34.7 Å². The van der Waals surface area contributed by atoms with Gasteiger partial charge in [-0.1, -0.05) is 75.0 Å². The van der Waals surface area contributed by atoms with Crippen molar-refractivity contribution < 1.29 is 46.2 Å². The van der Waals surface area contributed by atoms with E-state index in [1.54, 1.807) is 5.92 Å². The highest BCUT2D eigenvalue weighted by Crippen LogP contribution is 2.40. The van der Waals surface area contributed by atoms with Gasteiger partial charge in [0.05, 0.1) is 9.29 Å². The van der Waals surface area contributed by atoms with Crippen molar-refractivity contribution in [3.05, 3.63) is 35.9 Å². The molecule has 0 saturated heterocycles. The van der Waals surface area contributed by atoms with E-state index in [-0.39, 0.29) is 4.90 Å². The lowest BCUT2D eigenvalue weighted by atomic mass is 9.73. The Labute approximate surface area is 189 Å². The number of carbonyl (C=O) groups is 1. The molecule has 0 bridgehead atoms. The molecule has 1 atom stereocenters. The van der Waals surface area contributed by atoms with Crippen LogP contribution in [0.25, 0.3) is 0 Å². The van der Waals surface area contributed by atoms with Crippen molar-refractivity contribution in [3.8, 4) is 11.8 Å². The third kappa shape index (κ3) is 5.09. The molecule has 0 radical (unpaired) electrons. The number of aliphatic hydroxyl groups is 1. The highest BCUT2D eigenvalue weighted by Gasteiger charge is 2.46. The Balaban J connectivity index is 2.81. The molecular formula is C22H31NO3. The summed E-state index contributed by atoms with van der Waals surface area (Å²) in [5, 5.41) is 12.0. The third-order valence-corrected chi connectivity index (χ3v) is 3.14. The maximum Gasteiger partial charge on any atom is 0.344 e. The lowest BCUT2D eigenvalue weighted by molar-refractivity contribution is -0.174. The standard InChI is InChI=1S/C22H31NO3/c1-3-23(4-2)17-11-12-18-26-21(24)22(25,19-13-7-5-8-14-19)20-15-9-6-10-16-20/h5,7-8,13-14,20,25H,3-4,6,9-10,15-18H2,1-2H3/i1D3,2D3,3D2,4D2,6D2,9D2,10D2,15D2,16D2,18D2,20D. The van der Waals surface area contributed by atoms with E-state index in [0.29, 0.717) is 0 Å². The number of esters is 1. The van der Waals surface area contributed by atoms with Gasteiger partial charge in [0.25, 0.3) is 0 Å². The summed E-state index contributed by atoms with van der Waals surface area (Å²) in [4.78, 5) is 13.4. The predicted octanol–water partition coefficient (Wildman–Crippen LogP) is 3.34. The Morgan fingerprint density at radius 2 is 2.04 bits per heavy atom. The minimum atomic E-state index is -4.45. The van der Waals surface area contributed by atoms with E-state index in [1.807, 2.05) is 0 Å². The lowest BCUT2D eigenvalue weighted by Crippen LogP contribution is -2.45. The second kappa shape index (κ2) is 10.4. The molecule has 4 nitrogen and oxygen atoms in total. The van der Waals surface area contributed by atoms with Crippen LogP contribution < -0.4 is 0 Å². The minimum Gasteiger partial charge on any atom is -0.450 e. The Kier molecular flexibility index (Phi) is 2.23. The number of rotatable bonds is 7. The first kappa shape index (κ1) is 5.59. The zero-order valence-corrected chi connectivity index (χ0v) is 13.3. The van der Waals surface area contributed by atoms with Gasteiger partial charge in [0.15, 0.2) is 12.2 Å². The fraction of sp³-hybridized carbons (Fsp3) is 0.591. The molecule has 1 aromatic carbocycles. The molecule has 26 heavy (non-hydrogen) atoms. The van der Waals surface area contributed by atoms with E-state index in [0.717, 1.165) is 24.3 Å². The van der Waals surface area contributed by atoms with Crippen LogP contribution in [0.15, 0.2) is 30.3 Å². The van der Waals surface area contributed by atoms with E-state index < -0.39 is 94.7 Å². The molecule has 1 saturated carbocycles. The van der Waals surface area contributed by atoms with E-state index in [1.165, 1.54) is 12.0 Å². The van der Waals surface area contributed by atoms with Crippen molar-refractivity contribution in [2.75, 3.05) is 26.1 Å². The van der Waals surface area contributed by atoms with E-state index in [9.17, 15) is 9.90 Å². The van der Waals surface area contributed by atoms with Crippen LogP contribution in [0.1, 0.15) is 82.7 Å². The van der Waals surface area contributed by atoms with Crippen molar-refractivity contribution in [3.63, 3.8) is 0 Å². The SMILES string of the molecule is [2H]C([2H])(C#CCN(C([2H])([2H])C([2H])([2H])[2H])C([2H])([2H])C([2H])([2H])[2H])OC(=O)C(O)(c1ccccc1)C1([2H])C([2H])([2H])C([2H])([2H])C([2H])([2H])C([2H])([2H])C1([2H])[2H]. The van der Waals surface area contributed by atoms with Crippen molar-refractivity contribution in [2.24, 2.45) is 5.89 Å². The largest absolute Gasteiger partial charge is 0.450 e. The van der Waals surface area contributed by atoms with Gasteiger partial charge in [-0.25, -0.2) is 4.79 Å². The maximum absolute atomic E-state index is 13.8. The monoisotopic (exact) mass is 380 g/mol. The van der Waals surface area contributed by atoms with Crippen LogP contribution in [0, 0.1) is 17.7 Å². The lowest BCUT2D eigenvalue weighted by Gasteiger charge is -2.36. The summed E-state index contributed by atoms with van der Waals surface area (Å²) >= 11 is 0. The summed E-state index contributed by atoms with van der Waals surface area (Å²) in [6.45, 7) is -20.2. The zero-order chi connectivity index (χ0) is 39.1. The predicted molar refractivity (Wildman–Crippen MR) is 103 cm³/mol. The van der Waals surface area contributed by atoms with Crippen LogP contribution in [-0.2, 0) is 15.1 Å². The average Bonchev–Trinajstić information content (AvgIpc) is 2.91. The molecule has 142 valence electrons. The van der Waals surface area contributed by atoms with Gasteiger partial charge in [-0.3, -0.25) is 4.90 Å². The second-order valence-electron chi connectivity index (χ2n) is 4.68. The molecule has 0 aliphatic heterocycles. The van der Waals surface area contributed by atoms with E-state index in [2.05, 4.69) is 4.74 Å². The molecule has 1 aliphatic carbocycles. The molecule has 0 aromatic heterocycles. The molecule has 2 rings (SSSR count). The number of benzene rings is 1. The maximum atomic E-state index is 13.8. The van der Waals surface area contributed by atoms with Gasteiger partial charge in [-0.05, 0) is 31.3 Å². The third-order valence-electron chi connectivity index (χ3n) is 3.14. The van der Waals surface area contributed by atoms with Crippen LogP contribution >= 0.6 is 0 Å². The van der Waals surface area contributed by atoms with Crippen molar-refractivity contribution in [1.29, 1.82) is 0 Å². The fourth-order valence-electron chi connectivity index (χ4n) is 1.88. The first-order valence-electron chi connectivity index (χ1n) is 18.6. The summed E-state index contributed by atoms with van der Waals surface area (Å²) in [6, 6.07) is 4.89. The Bertz CT molecular complexity index is 1420. The molecule has 0 heterocycles. The summed E-state index contributed by atoms with van der Waals surface area (Å²) < 4.78 is 188. The van der Waals surface area contributed by atoms with Gasteiger partial charge in [0.1, 0.15) is 0 Å². The van der Waals surface area contributed by atoms with Crippen LogP contribution in [0.3, 0.4) is 0 Å². The Hall–Kier alpha value is -1.83. The zero-order valence-electron chi connectivity index (χ0n) is 36.3. The summed E-state index contributed by atoms with van der Waals surface area (Å²) in [7, 11) is 0. The molecule has 1 fully saturated rings. The molecule has 0 spiro atoms. The van der Waals surface area contributed by atoms with Crippen LogP contribution in [0.4, 0.5) is 0 Å². The van der Waals surface area contributed by atoms with Crippen molar-refractivity contribution in [2.45, 2.75) is 51.2 Å². The molecule has 1 aliphatic rings. The van der Waals surface area contributed by atoms with Crippen molar-refractivity contribution in [1.82, 2.24) is 4.90 Å². The van der Waals surface area contributed by atoms with Gasteiger partial charge < -0.3 is 9.84 Å². The second-order valence-corrected chi connectivity index (χ2v) is 4.68. The smallest absolute Gasteiger partial charge is 0.344 e.